The van der Waals surface area contributed by atoms with E-state index in [2.05, 4.69) is 10.6 Å². The summed E-state index contributed by atoms with van der Waals surface area (Å²) in [6, 6.07) is 5.32. The molecule has 8 nitrogen and oxygen atoms in total. The molecule has 0 radical (unpaired) electrons. The fraction of sp³-hybridized carbons (Fsp3) is 0.467. The van der Waals surface area contributed by atoms with E-state index >= 15 is 0 Å². The van der Waals surface area contributed by atoms with Crippen LogP contribution in [0, 0.1) is 0 Å². The van der Waals surface area contributed by atoms with Crippen molar-refractivity contribution < 1.29 is 22.7 Å². The number of nitrogens with one attached hydrogen (secondary N) is 2. The Labute approximate surface area is 141 Å². The van der Waals surface area contributed by atoms with Crippen molar-refractivity contribution in [3.63, 3.8) is 0 Å². The maximum Gasteiger partial charge on any atom is 0.246 e. The van der Waals surface area contributed by atoms with Crippen molar-refractivity contribution in [2.45, 2.75) is 24.8 Å². The number of carbonyl (C=O) groups is 2. The van der Waals surface area contributed by atoms with Crippen molar-refractivity contribution in [1.82, 2.24) is 9.62 Å². The topological polar surface area (TPSA) is 105 Å². The second-order valence-corrected chi connectivity index (χ2v) is 7.39. The van der Waals surface area contributed by atoms with Crippen LogP contribution in [0.1, 0.15) is 13.8 Å². The van der Waals surface area contributed by atoms with Crippen LogP contribution in [0.5, 0.6) is 0 Å². The van der Waals surface area contributed by atoms with Gasteiger partial charge >= 0.3 is 0 Å². The second kappa shape index (κ2) is 7.73. The summed E-state index contributed by atoms with van der Waals surface area (Å²) in [7, 11) is -3.63. The van der Waals surface area contributed by atoms with E-state index in [0.29, 0.717) is 32.0 Å². The normalized spacial score (nSPS) is 17.1. The van der Waals surface area contributed by atoms with Crippen molar-refractivity contribution in [1.29, 1.82) is 0 Å². The number of morpholine rings is 1. The minimum Gasteiger partial charge on any atom is -0.379 e. The third-order valence-corrected chi connectivity index (χ3v) is 5.42. The number of amides is 2. The Morgan fingerprint density at radius 1 is 1.25 bits per heavy atom. The standard InChI is InChI=1S/C15H21N3O5S/c1-11(16-12(2)19)15(20)17-13-4-3-5-14(10-13)24(21,22)18-6-8-23-9-7-18/h3-5,10-11H,6-9H2,1-2H3,(H,16,19)(H,17,20). The highest BCUT2D eigenvalue weighted by atomic mass is 32.2. The van der Waals surface area contributed by atoms with E-state index in [1.807, 2.05) is 0 Å². The molecule has 1 aliphatic rings. The van der Waals surface area contributed by atoms with Crippen molar-refractivity contribution in [2.75, 3.05) is 31.6 Å². The molecular weight excluding hydrogens is 334 g/mol. The molecule has 1 atom stereocenters. The third-order valence-electron chi connectivity index (χ3n) is 3.52. The van der Waals surface area contributed by atoms with Crippen LogP contribution in [-0.4, -0.2) is 56.9 Å². The summed E-state index contributed by atoms with van der Waals surface area (Å²) in [5.74, 6) is -0.743. The molecule has 2 rings (SSSR count). The van der Waals surface area contributed by atoms with Crippen LogP contribution in [-0.2, 0) is 24.3 Å². The zero-order chi connectivity index (χ0) is 17.7. The van der Waals surface area contributed by atoms with Gasteiger partial charge in [0.05, 0.1) is 18.1 Å². The van der Waals surface area contributed by atoms with Gasteiger partial charge < -0.3 is 15.4 Å². The molecule has 0 saturated carbocycles. The minimum absolute atomic E-state index is 0.106. The predicted octanol–water partition coefficient (Wildman–Crippen LogP) is 0.171. The number of hydrogen-bond donors (Lipinski definition) is 2. The van der Waals surface area contributed by atoms with Gasteiger partial charge in [0.1, 0.15) is 6.04 Å². The van der Waals surface area contributed by atoms with Crippen LogP contribution in [0.4, 0.5) is 5.69 Å². The van der Waals surface area contributed by atoms with Crippen molar-refractivity contribution in [3.05, 3.63) is 24.3 Å². The quantitative estimate of drug-likeness (QED) is 0.783. The van der Waals surface area contributed by atoms with E-state index in [9.17, 15) is 18.0 Å². The van der Waals surface area contributed by atoms with E-state index in [4.69, 9.17) is 4.74 Å². The van der Waals surface area contributed by atoms with Gasteiger partial charge in [-0.1, -0.05) is 6.07 Å². The summed E-state index contributed by atoms with van der Waals surface area (Å²) in [6.07, 6.45) is 0. The third kappa shape index (κ3) is 4.53. The lowest BCUT2D eigenvalue weighted by molar-refractivity contribution is -0.124. The van der Waals surface area contributed by atoms with Gasteiger partial charge in [0, 0.05) is 25.7 Å². The highest BCUT2D eigenvalue weighted by molar-refractivity contribution is 7.89. The van der Waals surface area contributed by atoms with Crippen LogP contribution < -0.4 is 10.6 Å². The van der Waals surface area contributed by atoms with Crippen molar-refractivity contribution >= 4 is 27.5 Å². The number of carbonyl (C=O) groups excluding carboxylic acids is 2. The molecule has 1 fully saturated rings. The molecular formula is C15H21N3O5S. The molecule has 0 aromatic heterocycles. The molecule has 0 aliphatic carbocycles. The van der Waals surface area contributed by atoms with Crippen LogP contribution in [0.25, 0.3) is 0 Å². The average Bonchev–Trinajstić information content (AvgIpc) is 2.55. The first-order chi connectivity index (χ1) is 11.3. The molecule has 1 unspecified atom stereocenters. The molecule has 1 saturated heterocycles. The summed E-state index contributed by atoms with van der Waals surface area (Å²) < 4.78 is 31.7. The van der Waals surface area contributed by atoms with Gasteiger partial charge in [-0.15, -0.1) is 0 Å². The largest absolute Gasteiger partial charge is 0.379 e. The molecule has 0 bridgehead atoms. The number of hydrogen-bond acceptors (Lipinski definition) is 5. The van der Waals surface area contributed by atoms with Gasteiger partial charge in [0.2, 0.25) is 21.8 Å². The molecule has 2 N–H and O–H groups in total. The van der Waals surface area contributed by atoms with Gasteiger partial charge in [-0.05, 0) is 25.1 Å². The number of nitrogens with zero attached hydrogens (tertiary/aromatic N) is 1. The summed E-state index contributed by atoms with van der Waals surface area (Å²) in [4.78, 5) is 23.1. The SMILES string of the molecule is CC(=O)NC(C)C(=O)Nc1cccc(S(=O)(=O)N2CCOCC2)c1. The molecule has 9 heteroatoms. The van der Waals surface area contributed by atoms with E-state index in [0.717, 1.165) is 0 Å². The predicted molar refractivity (Wildman–Crippen MR) is 87.9 cm³/mol. The molecule has 1 heterocycles. The number of sulfonamides is 1. The van der Waals surface area contributed by atoms with E-state index in [-0.39, 0.29) is 10.8 Å². The minimum atomic E-state index is -3.63. The van der Waals surface area contributed by atoms with Crippen LogP contribution >= 0.6 is 0 Å². The molecule has 24 heavy (non-hydrogen) atoms. The van der Waals surface area contributed by atoms with Crippen LogP contribution in [0.15, 0.2) is 29.2 Å². The van der Waals surface area contributed by atoms with E-state index in [1.54, 1.807) is 19.1 Å². The first-order valence-electron chi connectivity index (χ1n) is 7.56. The molecule has 1 aromatic rings. The zero-order valence-electron chi connectivity index (χ0n) is 13.6. The number of rotatable bonds is 5. The maximum absolute atomic E-state index is 12.6. The summed E-state index contributed by atoms with van der Waals surface area (Å²) in [5.41, 5.74) is 0.353. The molecule has 1 aliphatic heterocycles. The smallest absolute Gasteiger partial charge is 0.246 e. The highest BCUT2D eigenvalue weighted by Gasteiger charge is 2.26. The Bertz CT molecular complexity index is 714. The molecule has 1 aromatic carbocycles. The molecule has 132 valence electrons. The summed E-state index contributed by atoms with van der Waals surface area (Å²) in [6.45, 7) is 4.20. The lowest BCUT2D eigenvalue weighted by Gasteiger charge is -2.26. The summed E-state index contributed by atoms with van der Waals surface area (Å²) in [5, 5.41) is 5.07. The van der Waals surface area contributed by atoms with E-state index < -0.39 is 22.0 Å². The fourth-order valence-corrected chi connectivity index (χ4v) is 3.75. The Balaban J connectivity index is 2.13. The Hall–Kier alpha value is -1.97. The van der Waals surface area contributed by atoms with Crippen LogP contribution in [0.3, 0.4) is 0 Å². The highest BCUT2D eigenvalue weighted by Crippen LogP contribution is 2.20. The van der Waals surface area contributed by atoms with Gasteiger partial charge in [-0.3, -0.25) is 9.59 Å². The maximum atomic E-state index is 12.6. The number of anilines is 1. The lowest BCUT2D eigenvalue weighted by Crippen LogP contribution is -2.41. The monoisotopic (exact) mass is 355 g/mol. The average molecular weight is 355 g/mol. The van der Waals surface area contributed by atoms with E-state index in [1.165, 1.54) is 23.4 Å². The first kappa shape index (κ1) is 18.4. The Kier molecular flexibility index (Phi) is 5.92. The van der Waals surface area contributed by atoms with Crippen molar-refractivity contribution in [2.24, 2.45) is 0 Å². The second-order valence-electron chi connectivity index (χ2n) is 5.46. The number of benzene rings is 1. The lowest BCUT2D eigenvalue weighted by atomic mass is 10.2. The molecule has 0 spiro atoms. The first-order valence-corrected chi connectivity index (χ1v) is 9.00. The van der Waals surface area contributed by atoms with Crippen LogP contribution in [0.2, 0.25) is 0 Å². The zero-order valence-corrected chi connectivity index (χ0v) is 14.4. The van der Waals surface area contributed by atoms with Gasteiger partial charge in [0.25, 0.3) is 0 Å². The van der Waals surface area contributed by atoms with Gasteiger partial charge in [0.15, 0.2) is 0 Å². The summed E-state index contributed by atoms with van der Waals surface area (Å²) >= 11 is 0. The Morgan fingerprint density at radius 3 is 2.54 bits per heavy atom. The Morgan fingerprint density at radius 2 is 1.92 bits per heavy atom. The number of ether oxygens (including phenoxy) is 1. The fourth-order valence-electron chi connectivity index (χ4n) is 2.29. The van der Waals surface area contributed by atoms with Gasteiger partial charge in [-0.2, -0.15) is 4.31 Å². The van der Waals surface area contributed by atoms with Gasteiger partial charge in [-0.25, -0.2) is 8.42 Å². The van der Waals surface area contributed by atoms with Crippen molar-refractivity contribution in [3.8, 4) is 0 Å². The molecule has 2 amide bonds.